The highest BCUT2D eigenvalue weighted by Gasteiger charge is 2.53. The van der Waals surface area contributed by atoms with Gasteiger partial charge >= 0.3 is 0 Å². The first-order chi connectivity index (χ1) is 33.8. The number of carbonyl (C=O) groups excluding carboxylic acids is 1. The van der Waals surface area contributed by atoms with Gasteiger partial charge in [0.1, 0.15) is 73.2 Å². The molecule has 0 spiro atoms. The Hall–Kier alpha value is -1.99. The molecule has 3 heterocycles. The molecule has 0 aromatic rings. The molecular weight excluding hydrogens is 915 g/mol. The van der Waals surface area contributed by atoms with Gasteiger partial charge in [-0.15, -0.1) is 0 Å². The summed E-state index contributed by atoms with van der Waals surface area (Å²) in [5.74, 6) is -0.295. The molecule has 0 aromatic heterocycles. The molecule has 0 radical (unpaired) electrons. The second-order valence-electron chi connectivity index (χ2n) is 19.0. The minimum atomic E-state index is -1.98. The third kappa shape index (κ3) is 21.5. The van der Waals surface area contributed by atoms with Gasteiger partial charge in [-0.1, -0.05) is 134 Å². The molecule has 3 aliphatic heterocycles. The lowest BCUT2D eigenvalue weighted by atomic mass is 9.96. The second-order valence-corrected chi connectivity index (χ2v) is 19.0. The van der Waals surface area contributed by atoms with E-state index in [1.54, 1.807) is 6.08 Å². The molecule has 0 saturated carbocycles. The van der Waals surface area contributed by atoms with Crippen molar-refractivity contribution in [2.24, 2.45) is 0 Å². The summed E-state index contributed by atoms with van der Waals surface area (Å²) in [5, 5.41) is 120. The van der Waals surface area contributed by atoms with E-state index in [1.165, 1.54) is 44.9 Å². The fraction of sp³-hybridized carbons (Fsp3) is 0.863. The molecule has 12 N–H and O–H groups in total. The molecule has 0 aliphatic carbocycles. The van der Waals surface area contributed by atoms with Gasteiger partial charge in [-0.05, 0) is 44.9 Å². The number of unbranched alkanes of at least 4 members (excludes halogenated alkanes) is 16. The maximum atomic E-state index is 13.2. The van der Waals surface area contributed by atoms with Gasteiger partial charge in [0.25, 0.3) is 0 Å². The van der Waals surface area contributed by atoms with Gasteiger partial charge in [0.2, 0.25) is 5.91 Å². The van der Waals surface area contributed by atoms with Crippen LogP contribution in [0.4, 0.5) is 0 Å². The Balaban J connectivity index is 1.57. The summed E-state index contributed by atoms with van der Waals surface area (Å²) in [5.41, 5.74) is 0. The SMILES string of the molecule is CCC/C=C\C/C=C\CCCCCCCC(=O)NC(COC1OC(CO)C(OC2OC(CO)C(OC3OC(CO)C(O)C(O)C3O)C(O)C2O)C(O)C1O)C(O)/C=C/CCCCCCCCCCCC. The lowest BCUT2D eigenvalue weighted by Crippen LogP contribution is -2.66. The molecule has 3 saturated heterocycles. The third-order valence-electron chi connectivity index (χ3n) is 13.2. The lowest BCUT2D eigenvalue weighted by Gasteiger charge is -2.48. The van der Waals surface area contributed by atoms with E-state index in [-0.39, 0.29) is 18.9 Å². The molecule has 19 heteroatoms. The number of nitrogens with one attached hydrogen (secondary N) is 1. The monoisotopic (exact) mass is 1010 g/mol. The molecule has 3 fully saturated rings. The summed E-state index contributed by atoms with van der Waals surface area (Å²) < 4.78 is 34.1. The van der Waals surface area contributed by atoms with E-state index >= 15 is 0 Å². The standard InChI is InChI=1S/C51H91NO18/c1-3-5-7-9-11-13-15-17-19-21-23-25-27-29-39(57)52-34(35(56)28-26-24-22-20-18-16-14-12-10-8-6-4-2)33-65-49-45(63)42(60)47(37(31-54)67-49)70-51-46(64)43(61)48(38(32-55)68-51)69-50-44(62)41(59)40(58)36(30-53)66-50/h7,9,13,15,26,28,34-38,40-51,53-56,58-64H,3-6,8,10-12,14,16-25,27,29-33H2,1-2H3,(H,52,57)/b9-7-,15-13-,28-26+. The van der Waals surface area contributed by atoms with Crippen molar-refractivity contribution >= 4 is 5.91 Å². The number of hydrogen-bond donors (Lipinski definition) is 12. The van der Waals surface area contributed by atoms with Crippen LogP contribution in [0.15, 0.2) is 36.5 Å². The van der Waals surface area contributed by atoms with Gasteiger partial charge in [-0.3, -0.25) is 4.79 Å². The van der Waals surface area contributed by atoms with Crippen molar-refractivity contribution in [2.45, 2.75) is 253 Å². The van der Waals surface area contributed by atoms with Gasteiger partial charge < -0.3 is 89.9 Å². The first-order valence-electron chi connectivity index (χ1n) is 26.2. The zero-order valence-corrected chi connectivity index (χ0v) is 41.7. The normalized spacial score (nSPS) is 32.8. The lowest BCUT2D eigenvalue weighted by molar-refractivity contribution is -0.379. The van der Waals surface area contributed by atoms with Crippen molar-refractivity contribution in [2.75, 3.05) is 26.4 Å². The third-order valence-corrected chi connectivity index (χ3v) is 13.2. The van der Waals surface area contributed by atoms with Crippen molar-refractivity contribution < 1.29 is 89.4 Å². The Morgan fingerprint density at radius 1 is 0.514 bits per heavy atom. The van der Waals surface area contributed by atoms with Gasteiger partial charge in [0, 0.05) is 6.42 Å². The molecule has 17 unspecified atom stereocenters. The van der Waals surface area contributed by atoms with Crippen LogP contribution in [0.1, 0.15) is 149 Å². The highest BCUT2D eigenvalue weighted by Crippen LogP contribution is 2.33. The molecule has 3 rings (SSSR count). The Labute approximate surface area is 415 Å². The molecule has 70 heavy (non-hydrogen) atoms. The minimum Gasteiger partial charge on any atom is -0.394 e. The highest BCUT2D eigenvalue weighted by molar-refractivity contribution is 5.76. The molecule has 0 aromatic carbocycles. The first kappa shape index (κ1) is 62.3. The quantitative estimate of drug-likeness (QED) is 0.0316. The average Bonchev–Trinajstić information content (AvgIpc) is 3.35. The van der Waals surface area contributed by atoms with Gasteiger partial charge in [-0.25, -0.2) is 0 Å². The van der Waals surface area contributed by atoms with Crippen LogP contribution < -0.4 is 5.32 Å². The van der Waals surface area contributed by atoms with E-state index in [0.717, 1.165) is 77.0 Å². The topological polar surface area (TPSA) is 307 Å². The minimum absolute atomic E-state index is 0.226. The van der Waals surface area contributed by atoms with Crippen molar-refractivity contribution in [1.29, 1.82) is 0 Å². The van der Waals surface area contributed by atoms with Gasteiger partial charge in [0.05, 0.1) is 38.6 Å². The van der Waals surface area contributed by atoms with Crippen LogP contribution >= 0.6 is 0 Å². The van der Waals surface area contributed by atoms with E-state index < -0.39 is 124 Å². The number of rotatable bonds is 36. The number of amides is 1. The van der Waals surface area contributed by atoms with Crippen LogP contribution in [0.25, 0.3) is 0 Å². The van der Waals surface area contributed by atoms with Crippen molar-refractivity contribution in [3.8, 4) is 0 Å². The number of carbonyl (C=O) groups is 1. The van der Waals surface area contributed by atoms with Crippen LogP contribution in [0.2, 0.25) is 0 Å². The Kier molecular flexibility index (Phi) is 32.1. The molecule has 3 aliphatic rings. The molecule has 19 nitrogen and oxygen atoms in total. The Morgan fingerprint density at radius 2 is 0.971 bits per heavy atom. The van der Waals surface area contributed by atoms with E-state index in [9.17, 15) is 61.0 Å². The number of allylic oxidation sites excluding steroid dienone is 5. The van der Waals surface area contributed by atoms with Crippen LogP contribution in [-0.4, -0.2) is 193 Å². The second kappa shape index (κ2) is 36.0. The molecule has 408 valence electrons. The molecule has 1 amide bonds. The highest BCUT2D eigenvalue weighted by atomic mass is 16.8. The Morgan fingerprint density at radius 3 is 1.51 bits per heavy atom. The summed E-state index contributed by atoms with van der Waals surface area (Å²) in [7, 11) is 0. The van der Waals surface area contributed by atoms with Crippen LogP contribution in [0, 0.1) is 0 Å². The number of aliphatic hydroxyl groups excluding tert-OH is 11. The number of hydrogen-bond acceptors (Lipinski definition) is 18. The maximum Gasteiger partial charge on any atom is 0.220 e. The fourth-order valence-electron chi connectivity index (χ4n) is 8.75. The first-order valence-corrected chi connectivity index (χ1v) is 26.2. The predicted octanol–water partition coefficient (Wildman–Crippen LogP) is 2.20. The van der Waals surface area contributed by atoms with E-state index in [1.807, 2.05) is 6.08 Å². The Bertz CT molecular complexity index is 1440. The number of ether oxygens (including phenoxy) is 6. The van der Waals surface area contributed by atoms with Crippen molar-refractivity contribution in [1.82, 2.24) is 5.32 Å². The summed E-state index contributed by atoms with van der Waals surface area (Å²) in [6.45, 7) is 1.59. The number of aliphatic hydroxyl groups is 11. The maximum absolute atomic E-state index is 13.2. The largest absolute Gasteiger partial charge is 0.394 e. The van der Waals surface area contributed by atoms with Gasteiger partial charge in [-0.2, -0.15) is 0 Å². The summed E-state index contributed by atoms with van der Waals surface area (Å²) in [6, 6.07) is -0.976. The van der Waals surface area contributed by atoms with Crippen LogP contribution in [0.3, 0.4) is 0 Å². The molecule has 0 bridgehead atoms. The summed E-state index contributed by atoms with van der Waals surface area (Å²) in [6.07, 6.45) is 7.18. The molecule has 17 atom stereocenters. The molecular formula is C51H91NO18. The van der Waals surface area contributed by atoms with Crippen LogP contribution in [0.5, 0.6) is 0 Å². The zero-order valence-electron chi connectivity index (χ0n) is 41.7. The smallest absolute Gasteiger partial charge is 0.220 e. The van der Waals surface area contributed by atoms with Crippen molar-refractivity contribution in [3.05, 3.63) is 36.5 Å². The van der Waals surface area contributed by atoms with E-state index in [2.05, 4.69) is 43.5 Å². The summed E-state index contributed by atoms with van der Waals surface area (Å²) in [4.78, 5) is 13.2. The van der Waals surface area contributed by atoms with Crippen molar-refractivity contribution in [3.63, 3.8) is 0 Å². The fourth-order valence-corrected chi connectivity index (χ4v) is 8.75. The van der Waals surface area contributed by atoms with E-state index in [4.69, 9.17) is 28.4 Å². The zero-order chi connectivity index (χ0) is 51.3. The van der Waals surface area contributed by atoms with Gasteiger partial charge in [0.15, 0.2) is 18.9 Å². The predicted molar refractivity (Wildman–Crippen MR) is 259 cm³/mol. The van der Waals surface area contributed by atoms with E-state index in [0.29, 0.717) is 6.42 Å². The summed E-state index contributed by atoms with van der Waals surface area (Å²) >= 11 is 0. The van der Waals surface area contributed by atoms with Crippen LogP contribution in [-0.2, 0) is 33.2 Å². The average molecular weight is 1010 g/mol.